The number of hydrogen-bond acceptors (Lipinski definition) is 3. The van der Waals surface area contributed by atoms with Gasteiger partial charge in [-0.1, -0.05) is 17.7 Å². The van der Waals surface area contributed by atoms with Crippen molar-refractivity contribution in [3.8, 4) is 0 Å². The highest BCUT2D eigenvalue weighted by molar-refractivity contribution is 6.31. The van der Waals surface area contributed by atoms with E-state index in [2.05, 4.69) is 10.3 Å². The number of benzene rings is 1. The van der Waals surface area contributed by atoms with Crippen LogP contribution in [0, 0.1) is 5.82 Å². The molecule has 3 nitrogen and oxygen atoms in total. The molecule has 0 atom stereocenters. The Morgan fingerprint density at radius 3 is 2.80 bits per heavy atom. The van der Waals surface area contributed by atoms with Gasteiger partial charge in [0, 0.05) is 19.3 Å². The molecule has 2 rings (SSSR count). The molecule has 0 unspecified atom stereocenters. The summed E-state index contributed by atoms with van der Waals surface area (Å²) in [5.74, 6) is 0.536. The Kier molecular flexibility index (Phi) is 4.79. The van der Waals surface area contributed by atoms with Gasteiger partial charge in [0.1, 0.15) is 11.6 Å². The van der Waals surface area contributed by atoms with Crippen molar-refractivity contribution in [2.45, 2.75) is 13.5 Å². The standard InChI is InChI=1S/C15H17ClFN3/c1-3-18-15-8-7-13(16)14(19-15)10-20(2)12-6-4-5-11(17)9-12/h4-9H,3,10H2,1-2H3,(H,18,19). The number of hydrogen-bond donors (Lipinski definition) is 1. The first kappa shape index (κ1) is 14.6. The lowest BCUT2D eigenvalue weighted by Crippen LogP contribution is -2.18. The van der Waals surface area contributed by atoms with Crippen LogP contribution in [0.25, 0.3) is 0 Å². The van der Waals surface area contributed by atoms with E-state index in [4.69, 9.17) is 11.6 Å². The van der Waals surface area contributed by atoms with Crippen LogP contribution in [0.3, 0.4) is 0 Å². The molecule has 0 radical (unpaired) electrons. The molecule has 1 aromatic carbocycles. The Bertz CT molecular complexity index is 589. The molecule has 0 bridgehead atoms. The quantitative estimate of drug-likeness (QED) is 0.905. The summed E-state index contributed by atoms with van der Waals surface area (Å²) in [6.07, 6.45) is 0. The number of pyridine rings is 1. The van der Waals surface area contributed by atoms with Crippen LogP contribution in [0.15, 0.2) is 36.4 Å². The van der Waals surface area contributed by atoms with Crippen molar-refractivity contribution in [3.05, 3.63) is 52.9 Å². The van der Waals surface area contributed by atoms with E-state index in [1.807, 2.05) is 37.1 Å². The van der Waals surface area contributed by atoms with Crippen molar-refractivity contribution in [1.82, 2.24) is 4.98 Å². The molecular formula is C15H17ClFN3. The summed E-state index contributed by atoms with van der Waals surface area (Å²) in [4.78, 5) is 6.38. The fraction of sp³-hybridized carbons (Fsp3) is 0.267. The van der Waals surface area contributed by atoms with Crippen LogP contribution in [0.4, 0.5) is 15.9 Å². The molecule has 0 saturated carbocycles. The van der Waals surface area contributed by atoms with Gasteiger partial charge >= 0.3 is 0 Å². The second-order valence-corrected chi connectivity index (χ2v) is 4.90. The molecule has 1 heterocycles. The molecule has 1 aromatic heterocycles. The topological polar surface area (TPSA) is 28.2 Å². The van der Waals surface area contributed by atoms with Crippen molar-refractivity contribution >= 4 is 23.1 Å². The lowest BCUT2D eigenvalue weighted by Gasteiger charge is -2.20. The highest BCUT2D eigenvalue weighted by atomic mass is 35.5. The summed E-state index contributed by atoms with van der Waals surface area (Å²) in [5.41, 5.74) is 1.55. The minimum absolute atomic E-state index is 0.255. The Morgan fingerprint density at radius 1 is 1.30 bits per heavy atom. The lowest BCUT2D eigenvalue weighted by atomic mass is 10.2. The summed E-state index contributed by atoms with van der Waals surface area (Å²) < 4.78 is 13.2. The average Bonchev–Trinajstić information content (AvgIpc) is 2.43. The van der Waals surface area contributed by atoms with E-state index in [0.717, 1.165) is 23.7 Å². The molecule has 2 aromatic rings. The van der Waals surface area contributed by atoms with Crippen molar-refractivity contribution < 1.29 is 4.39 Å². The molecule has 5 heteroatoms. The van der Waals surface area contributed by atoms with Crippen LogP contribution in [0.5, 0.6) is 0 Å². The monoisotopic (exact) mass is 293 g/mol. The lowest BCUT2D eigenvalue weighted by molar-refractivity contribution is 0.627. The van der Waals surface area contributed by atoms with Crippen LogP contribution in [-0.4, -0.2) is 18.6 Å². The molecule has 1 N–H and O–H groups in total. The van der Waals surface area contributed by atoms with Crippen LogP contribution in [-0.2, 0) is 6.54 Å². The third-order valence-corrected chi connectivity index (χ3v) is 3.26. The zero-order valence-electron chi connectivity index (χ0n) is 11.5. The van der Waals surface area contributed by atoms with Gasteiger partial charge in [0.05, 0.1) is 17.3 Å². The SMILES string of the molecule is CCNc1ccc(Cl)c(CN(C)c2cccc(F)c2)n1. The van der Waals surface area contributed by atoms with E-state index in [9.17, 15) is 4.39 Å². The molecular weight excluding hydrogens is 277 g/mol. The van der Waals surface area contributed by atoms with Gasteiger partial charge in [-0.15, -0.1) is 0 Å². The molecule has 0 aliphatic heterocycles. The molecule has 106 valence electrons. The second kappa shape index (κ2) is 6.57. The number of anilines is 2. The minimum Gasteiger partial charge on any atom is -0.370 e. The van der Waals surface area contributed by atoms with Crippen molar-refractivity contribution in [2.24, 2.45) is 0 Å². The van der Waals surface area contributed by atoms with Gasteiger partial charge in [-0.25, -0.2) is 9.37 Å². The molecule has 0 amide bonds. The Hall–Kier alpha value is -1.81. The van der Waals surface area contributed by atoms with Gasteiger partial charge in [0.2, 0.25) is 0 Å². The van der Waals surface area contributed by atoms with Crippen LogP contribution in [0.1, 0.15) is 12.6 Å². The van der Waals surface area contributed by atoms with Crippen LogP contribution in [0.2, 0.25) is 5.02 Å². The van der Waals surface area contributed by atoms with E-state index in [1.165, 1.54) is 12.1 Å². The van der Waals surface area contributed by atoms with Crippen molar-refractivity contribution in [3.63, 3.8) is 0 Å². The first-order chi connectivity index (χ1) is 9.60. The second-order valence-electron chi connectivity index (χ2n) is 4.49. The summed E-state index contributed by atoms with van der Waals surface area (Å²) in [6, 6.07) is 10.1. The fourth-order valence-corrected chi connectivity index (χ4v) is 2.07. The number of nitrogens with one attached hydrogen (secondary N) is 1. The predicted octanol–water partition coefficient (Wildman–Crippen LogP) is 3.94. The third-order valence-electron chi connectivity index (χ3n) is 2.91. The van der Waals surface area contributed by atoms with Gasteiger partial charge in [0.25, 0.3) is 0 Å². The first-order valence-electron chi connectivity index (χ1n) is 6.46. The maximum atomic E-state index is 13.2. The molecule has 0 spiro atoms. The summed E-state index contributed by atoms with van der Waals surface area (Å²) in [7, 11) is 1.88. The van der Waals surface area contributed by atoms with Crippen molar-refractivity contribution in [1.29, 1.82) is 0 Å². The zero-order valence-corrected chi connectivity index (χ0v) is 12.3. The number of aromatic nitrogens is 1. The van der Waals surface area contributed by atoms with Gasteiger partial charge in [-0.05, 0) is 37.3 Å². The van der Waals surface area contributed by atoms with Crippen LogP contribution >= 0.6 is 11.6 Å². The van der Waals surface area contributed by atoms with E-state index >= 15 is 0 Å². The Morgan fingerprint density at radius 2 is 2.10 bits per heavy atom. The molecule has 0 aliphatic carbocycles. The van der Waals surface area contributed by atoms with E-state index in [1.54, 1.807) is 6.07 Å². The first-order valence-corrected chi connectivity index (χ1v) is 6.84. The van der Waals surface area contributed by atoms with Gasteiger partial charge in [0.15, 0.2) is 0 Å². The smallest absolute Gasteiger partial charge is 0.126 e. The zero-order chi connectivity index (χ0) is 14.5. The minimum atomic E-state index is -0.255. The van der Waals surface area contributed by atoms with Crippen LogP contribution < -0.4 is 10.2 Å². The molecule has 20 heavy (non-hydrogen) atoms. The largest absolute Gasteiger partial charge is 0.370 e. The third kappa shape index (κ3) is 3.61. The maximum Gasteiger partial charge on any atom is 0.126 e. The Labute approximate surface area is 123 Å². The van der Waals surface area contributed by atoms with Gasteiger partial charge < -0.3 is 10.2 Å². The summed E-state index contributed by atoms with van der Waals surface area (Å²) in [6.45, 7) is 3.32. The van der Waals surface area contributed by atoms with Gasteiger partial charge in [-0.3, -0.25) is 0 Å². The number of rotatable bonds is 5. The van der Waals surface area contributed by atoms with Gasteiger partial charge in [-0.2, -0.15) is 0 Å². The summed E-state index contributed by atoms with van der Waals surface area (Å²) in [5, 5.41) is 3.76. The molecule has 0 aliphatic rings. The van der Waals surface area contributed by atoms with E-state index < -0.39 is 0 Å². The normalized spacial score (nSPS) is 10.4. The molecule has 0 saturated heterocycles. The fourth-order valence-electron chi connectivity index (χ4n) is 1.90. The Balaban J connectivity index is 2.18. The highest BCUT2D eigenvalue weighted by Gasteiger charge is 2.08. The van der Waals surface area contributed by atoms with E-state index in [0.29, 0.717) is 11.6 Å². The number of halogens is 2. The molecule has 0 fully saturated rings. The van der Waals surface area contributed by atoms with E-state index in [-0.39, 0.29) is 5.82 Å². The number of nitrogens with zero attached hydrogens (tertiary/aromatic N) is 2. The summed E-state index contributed by atoms with van der Waals surface area (Å²) >= 11 is 6.17. The van der Waals surface area contributed by atoms with Crippen molar-refractivity contribution in [2.75, 3.05) is 23.8 Å². The predicted molar refractivity (Wildman–Crippen MR) is 81.9 cm³/mol. The maximum absolute atomic E-state index is 13.2. The highest BCUT2D eigenvalue weighted by Crippen LogP contribution is 2.21. The average molecular weight is 294 g/mol.